The molecule has 0 aliphatic rings. The fourth-order valence-corrected chi connectivity index (χ4v) is 3.29. The zero-order valence-electron chi connectivity index (χ0n) is 13.7. The van der Waals surface area contributed by atoms with Crippen molar-refractivity contribution in [3.63, 3.8) is 0 Å². The van der Waals surface area contributed by atoms with Crippen LogP contribution in [0.15, 0.2) is 42.5 Å². The molecule has 0 heterocycles. The van der Waals surface area contributed by atoms with E-state index in [9.17, 15) is 13.2 Å². The van der Waals surface area contributed by atoms with E-state index in [1.165, 1.54) is 12.1 Å². The standard InChI is InChI=1S/C17H16ClN3O3S/c1-12-8-14(18)6-7-16(12)20-17(22)11-21(25(2,23)24)15-5-3-4-13(9-15)10-19/h3-9H,11H2,1-2H3,(H,20,22). The molecule has 0 aliphatic carbocycles. The molecule has 1 amide bonds. The van der Waals surface area contributed by atoms with Gasteiger partial charge in [0.05, 0.1) is 23.6 Å². The van der Waals surface area contributed by atoms with Gasteiger partial charge in [0.1, 0.15) is 6.54 Å². The smallest absolute Gasteiger partial charge is 0.245 e. The molecule has 0 spiro atoms. The average Bonchev–Trinajstić information content (AvgIpc) is 2.54. The molecule has 0 aliphatic heterocycles. The molecule has 2 aromatic rings. The number of carbonyl (C=O) groups is 1. The number of anilines is 2. The van der Waals surface area contributed by atoms with E-state index in [4.69, 9.17) is 16.9 Å². The third-order valence-electron chi connectivity index (χ3n) is 3.41. The molecule has 0 radical (unpaired) electrons. The first-order valence-electron chi connectivity index (χ1n) is 7.24. The number of hydrogen-bond donors (Lipinski definition) is 1. The van der Waals surface area contributed by atoms with Gasteiger partial charge in [-0.2, -0.15) is 5.26 Å². The van der Waals surface area contributed by atoms with Gasteiger partial charge < -0.3 is 5.32 Å². The highest BCUT2D eigenvalue weighted by Gasteiger charge is 2.21. The Labute approximate surface area is 151 Å². The van der Waals surface area contributed by atoms with Crippen molar-refractivity contribution < 1.29 is 13.2 Å². The summed E-state index contributed by atoms with van der Waals surface area (Å²) >= 11 is 5.88. The fraction of sp³-hybridized carbons (Fsp3) is 0.176. The van der Waals surface area contributed by atoms with E-state index in [0.717, 1.165) is 16.1 Å². The summed E-state index contributed by atoms with van der Waals surface area (Å²) in [5.74, 6) is -0.502. The second kappa shape index (κ2) is 7.55. The Morgan fingerprint density at radius 1 is 1.28 bits per heavy atom. The third kappa shape index (κ3) is 4.95. The van der Waals surface area contributed by atoms with E-state index in [1.807, 2.05) is 6.07 Å². The predicted octanol–water partition coefficient (Wildman–Crippen LogP) is 2.92. The lowest BCUT2D eigenvalue weighted by Gasteiger charge is -2.22. The summed E-state index contributed by atoms with van der Waals surface area (Å²) in [5.41, 5.74) is 1.87. The van der Waals surface area contributed by atoms with Gasteiger partial charge in [-0.1, -0.05) is 17.7 Å². The number of rotatable bonds is 5. The van der Waals surface area contributed by atoms with Crippen LogP contribution >= 0.6 is 11.6 Å². The van der Waals surface area contributed by atoms with Crippen LogP contribution in [0.3, 0.4) is 0 Å². The van der Waals surface area contributed by atoms with Crippen LogP contribution in [0.1, 0.15) is 11.1 Å². The Balaban J connectivity index is 2.25. The number of carbonyl (C=O) groups excluding carboxylic acids is 1. The van der Waals surface area contributed by atoms with Gasteiger partial charge in [-0.3, -0.25) is 9.10 Å². The molecule has 0 unspecified atom stereocenters. The molecule has 25 heavy (non-hydrogen) atoms. The van der Waals surface area contributed by atoms with E-state index < -0.39 is 22.5 Å². The van der Waals surface area contributed by atoms with Crippen molar-refractivity contribution >= 4 is 38.9 Å². The summed E-state index contributed by atoms with van der Waals surface area (Å²) in [6.07, 6.45) is 1.01. The Morgan fingerprint density at radius 3 is 2.60 bits per heavy atom. The van der Waals surface area contributed by atoms with Gasteiger partial charge in [-0.05, 0) is 48.9 Å². The lowest BCUT2D eigenvalue weighted by atomic mass is 10.2. The number of sulfonamides is 1. The number of nitriles is 1. The quantitative estimate of drug-likeness (QED) is 0.867. The summed E-state index contributed by atoms with van der Waals surface area (Å²) in [4.78, 5) is 12.3. The molecule has 2 aromatic carbocycles. The predicted molar refractivity (Wildman–Crippen MR) is 98.2 cm³/mol. The first-order chi connectivity index (χ1) is 11.7. The van der Waals surface area contributed by atoms with E-state index in [-0.39, 0.29) is 5.69 Å². The van der Waals surface area contributed by atoms with E-state index >= 15 is 0 Å². The maximum atomic E-state index is 12.3. The number of benzene rings is 2. The second-order valence-electron chi connectivity index (χ2n) is 5.44. The molecule has 0 atom stereocenters. The largest absolute Gasteiger partial charge is 0.324 e. The van der Waals surface area contributed by atoms with Crippen LogP contribution in [0.25, 0.3) is 0 Å². The molecular formula is C17H16ClN3O3S. The molecule has 2 rings (SSSR count). The van der Waals surface area contributed by atoms with Crippen molar-refractivity contribution in [2.45, 2.75) is 6.92 Å². The van der Waals surface area contributed by atoms with E-state index in [2.05, 4.69) is 5.32 Å². The molecule has 1 N–H and O–H groups in total. The van der Waals surface area contributed by atoms with Crippen LogP contribution in [0.2, 0.25) is 5.02 Å². The van der Waals surface area contributed by atoms with Crippen LogP contribution in [0.5, 0.6) is 0 Å². The van der Waals surface area contributed by atoms with Crippen molar-refractivity contribution in [1.82, 2.24) is 0 Å². The summed E-state index contributed by atoms with van der Waals surface area (Å²) in [6, 6.07) is 13.0. The highest BCUT2D eigenvalue weighted by atomic mass is 35.5. The maximum Gasteiger partial charge on any atom is 0.245 e. The van der Waals surface area contributed by atoms with E-state index in [1.54, 1.807) is 37.3 Å². The topological polar surface area (TPSA) is 90.3 Å². The molecular weight excluding hydrogens is 362 g/mol. The Hall–Kier alpha value is -2.56. The van der Waals surface area contributed by atoms with Gasteiger partial charge in [0.2, 0.25) is 15.9 Å². The normalized spacial score (nSPS) is 10.8. The molecule has 8 heteroatoms. The molecule has 0 bridgehead atoms. The third-order valence-corrected chi connectivity index (χ3v) is 4.79. The van der Waals surface area contributed by atoms with Crippen LogP contribution in [-0.2, 0) is 14.8 Å². The molecule has 130 valence electrons. The zero-order valence-corrected chi connectivity index (χ0v) is 15.2. The van der Waals surface area contributed by atoms with Crippen molar-refractivity contribution in [3.8, 4) is 6.07 Å². The summed E-state index contributed by atoms with van der Waals surface area (Å²) in [6.45, 7) is 1.38. The van der Waals surface area contributed by atoms with Crippen LogP contribution in [-0.4, -0.2) is 27.1 Å². The summed E-state index contributed by atoms with van der Waals surface area (Å²) in [7, 11) is -3.71. The number of amides is 1. The van der Waals surface area contributed by atoms with Crippen molar-refractivity contribution in [1.29, 1.82) is 5.26 Å². The lowest BCUT2D eigenvalue weighted by molar-refractivity contribution is -0.114. The molecule has 0 aromatic heterocycles. The first-order valence-corrected chi connectivity index (χ1v) is 9.47. The Morgan fingerprint density at radius 2 is 2.00 bits per heavy atom. The number of aryl methyl sites for hydroxylation is 1. The van der Waals surface area contributed by atoms with E-state index in [0.29, 0.717) is 16.3 Å². The van der Waals surface area contributed by atoms with Gasteiger partial charge in [-0.25, -0.2) is 8.42 Å². The van der Waals surface area contributed by atoms with Crippen molar-refractivity contribution in [2.24, 2.45) is 0 Å². The van der Waals surface area contributed by atoms with Crippen LogP contribution < -0.4 is 9.62 Å². The number of nitrogens with zero attached hydrogens (tertiary/aromatic N) is 2. The highest BCUT2D eigenvalue weighted by molar-refractivity contribution is 7.92. The minimum Gasteiger partial charge on any atom is -0.324 e. The lowest BCUT2D eigenvalue weighted by Crippen LogP contribution is -2.37. The second-order valence-corrected chi connectivity index (χ2v) is 7.78. The van der Waals surface area contributed by atoms with Gasteiger partial charge in [0, 0.05) is 10.7 Å². The van der Waals surface area contributed by atoms with Gasteiger partial charge in [-0.15, -0.1) is 0 Å². The first kappa shape index (κ1) is 18.8. The average molecular weight is 378 g/mol. The molecule has 0 fully saturated rings. The molecule has 0 saturated heterocycles. The highest BCUT2D eigenvalue weighted by Crippen LogP contribution is 2.21. The van der Waals surface area contributed by atoms with Crippen molar-refractivity contribution in [3.05, 3.63) is 58.6 Å². The van der Waals surface area contributed by atoms with Gasteiger partial charge >= 0.3 is 0 Å². The monoisotopic (exact) mass is 377 g/mol. The zero-order chi connectivity index (χ0) is 18.6. The Kier molecular flexibility index (Phi) is 5.67. The minimum absolute atomic E-state index is 0.254. The van der Waals surface area contributed by atoms with Gasteiger partial charge in [0.25, 0.3) is 0 Å². The van der Waals surface area contributed by atoms with Crippen LogP contribution in [0, 0.1) is 18.3 Å². The molecule has 6 nitrogen and oxygen atoms in total. The maximum absolute atomic E-state index is 12.3. The minimum atomic E-state index is -3.71. The summed E-state index contributed by atoms with van der Waals surface area (Å²) < 4.78 is 25.1. The van der Waals surface area contributed by atoms with Crippen LogP contribution in [0.4, 0.5) is 11.4 Å². The summed E-state index contributed by atoms with van der Waals surface area (Å²) in [5, 5.41) is 12.2. The fourth-order valence-electron chi connectivity index (χ4n) is 2.22. The number of halogens is 1. The van der Waals surface area contributed by atoms with Gasteiger partial charge in [0.15, 0.2) is 0 Å². The number of hydrogen-bond acceptors (Lipinski definition) is 4. The van der Waals surface area contributed by atoms with Crippen molar-refractivity contribution in [2.75, 3.05) is 22.4 Å². The Bertz CT molecular complexity index is 952. The number of nitrogens with one attached hydrogen (secondary N) is 1. The SMILES string of the molecule is Cc1cc(Cl)ccc1NC(=O)CN(c1cccc(C#N)c1)S(C)(=O)=O. The molecule has 0 saturated carbocycles.